The summed E-state index contributed by atoms with van der Waals surface area (Å²) in [5, 5.41) is 9.70. The molecule has 3 nitrogen and oxygen atoms in total. The van der Waals surface area contributed by atoms with Gasteiger partial charge < -0.3 is 10.0 Å². The summed E-state index contributed by atoms with van der Waals surface area (Å²) in [6.45, 7) is 1.85. The molecule has 1 N–H and O–H groups in total. The Morgan fingerprint density at radius 1 is 1.35 bits per heavy atom. The summed E-state index contributed by atoms with van der Waals surface area (Å²) in [6, 6.07) is 10.8. The van der Waals surface area contributed by atoms with E-state index in [1.807, 2.05) is 25.1 Å². The summed E-state index contributed by atoms with van der Waals surface area (Å²) >= 11 is 13.4. The Labute approximate surface area is 131 Å². The minimum atomic E-state index is -0.889. The summed E-state index contributed by atoms with van der Waals surface area (Å²) in [5.41, 5.74) is 0.775. The van der Waals surface area contributed by atoms with Crippen LogP contribution in [0.4, 0.5) is 5.69 Å². The monoisotopic (exact) mass is 329 g/mol. The maximum Gasteiger partial charge on any atom is 0.323 e. The van der Waals surface area contributed by atoms with Crippen LogP contribution in [0.15, 0.2) is 36.4 Å². The molecular formula is C14H13Cl2NO2S. The Balaban J connectivity index is 2.34. The molecule has 0 saturated carbocycles. The number of carboxylic acid groups (broad SMARTS) is 1. The number of thiophene rings is 1. The zero-order valence-corrected chi connectivity index (χ0v) is 13.0. The van der Waals surface area contributed by atoms with E-state index in [0.717, 1.165) is 10.6 Å². The van der Waals surface area contributed by atoms with Crippen LogP contribution in [-0.2, 0) is 4.79 Å². The number of hydrogen-bond donors (Lipinski definition) is 1. The van der Waals surface area contributed by atoms with E-state index < -0.39 is 5.97 Å². The van der Waals surface area contributed by atoms with Crippen molar-refractivity contribution in [2.75, 3.05) is 11.4 Å². The summed E-state index contributed by atoms with van der Waals surface area (Å²) in [5.74, 6) is -0.889. The predicted octanol–water partition coefficient (Wildman–Crippen LogP) is 4.71. The summed E-state index contributed by atoms with van der Waals surface area (Å²) in [7, 11) is 0. The first-order valence-corrected chi connectivity index (χ1v) is 7.54. The van der Waals surface area contributed by atoms with Crippen LogP contribution in [0, 0.1) is 0 Å². The van der Waals surface area contributed by atoms with Gasteiger partial charge in [-0.05, 0) is 37.3 Å². The lowest BCUT2D eigenvalue weighted by atomic mass is 10.2. The van der Waals surface area contributed by atoms with E-state index in [1.165, 1.54) is 11.3 Å². The average molecular weight is 330 g/mol. The fourth-order valence-electron chi connectivity index (χ4n) is 1.96. The molecule has 0 bridgehead atoms. The van der Waals surface area contributed by atoms with E-state index in [-0.39, 0.29) is 12.6 Å². The fraction of sp³-hybridized carbons (Fsp3) is 0.214. The largest absolute Gasteiger partial charge is 0.480 e. The van der Waals surface area contributed by atoms with Crippen LogP contribution < -0.4 is 4.90 Å². The Bertz CT molecular complexity index is 615. The molecule has 1 heterocycles. The molecule has 2 aromatic rings. The Kier molecular flexibility index (Phi) is 4.91. The first-order chi connectivity index (χ1) is 9.47. The van der Waals surface area contributed by atoms with Crippen molar-refractivity contribution in [2.24, 2.45) is 0 Å². The smallest absolute Gasteiger partial charge is 0.323 e. The highest BCUT2D eigenvalue weighted by atomic mass is 35.5. The van der Waals surface area contributed by atoms with Crippen molar-refractivity contribution < 1.29 is 9.90 Å². The van der Waals surface area contributed by atoms with Crippen molar-refractivity contribution in [1.82, 2.24) is 0 Å². The first-order valence-electron chi connectivity index (χ1n) is 5.96. The topological polar surface area (TPSA) is 40.5 Å². The van der Waals surface area contributed by atoms with E-state index in [9.17, 15) is 4.79 Å². The van der Waals surface area contributed by atoms with Crippen LogP contribution in [0.25, 0.3) is 0 Å². The molecule has 0 amide bonds. The molecule has 106 valence electrons. The van der Waals surface area contributed by atoms with Crippen molar-refractivity contribution in [3.8, 4) is 0 Å². The number of carbonyl (C=O) groups is 1. The predicted molar refractivity (Wildman–Crippen MR) is 84.2 cm³/mol. The van der Waals surface area contributed by atoms with Crippen LogP contribution in [-0.4, -0.2) is 17.6 Å². The molecule has 2 rings (SSSR count). The van der Waals surface area contributed by atoms with Crippen molar-refractivity contribution in [3.05, 3.63) is 50.6 Å². The molecule has 0 aliphatic heterocycles. The third-order valence-corrected chi connectivity index (χ3v) is 4.56. The molecule has 1 aromatic carbocycles. The van der Waals surface area contributed by atoms with Crippen molar-refractivity contribution in [3.63, 3.8) is 0 Å². The van der Waals surface area contributed by atoms with Gasteiger partial charge in [-0.15, -0.1) is 11.3 Å². The molecular weight excluding hydrogens is 317 g/mol. The molecule has 1 atom stereocenters. The normalized spacial score (nSPS) is 12.2. The van der Waals surface area contributed by atoms with E-state index in [1.54, 1.807) is 23.1 Å². The second kappa shape index (κ2) is 6.48. The number of halogens is 2. The number of hydrogen-bond acceptors (Lipinski definition) is 3. The van der Waals surface area contributed by atoms with Crippen LogP contribution in [0.3, 0.4) is 0 Å². The molecule has 0 aliphatic rings. The highest BCUT2D eigenvalue weighted by Crippen LogP contribution is 2.33. The summed E-state index contributed by atoms with van der Waals surface area (Å²) in [4.78, 5) is 13.9. The van der Waals surface area contributed by atoms with Gasteiger partial charge in [0.05, 0.1) is 10.4 Å². The summed E-state index contributed by atoms with van der Waals surface area (Å²) < 4.78 is 0.688. The van der Waals surface area contributed by atoms with Gasteiger partial charge in [-0.3, -0.25) is 4.79 Å². The van der Waals surface area contributed by atoms with E-state index in [0.29, 0.717) is 9.36 Å². The molecule has 6 heteroatoms. The third-order valence-electron chi connectivity index (χ3n) is 2.92. The number of rotatable bonds is 5. The molecule has 0 spiro atoms. The number of nitrogens with zero attached hydrogens (tertiary/aromatic N) is 1. The number of aliphatic carboxylic acids is 1. The zero-order chi connectivity index (χ0) is 14.7. The second-order valence-corrected chi connectivity index (χ2v) is 6.50. The molecule has 0 fully saturated rings. The van der Waals surface area contributed by atoms with Crippen LogP contribution in [0.5, 0.6) is 0 Å². The van der Waals surface area contributed by atoms with Gasteiger partial charge in [0.15, 0.2) is 0 Å². The van der Waals surface area contributed by atoms with E-state index in [4.69, 9.17) is 28.3 Å². The molecule has 1 unspecified atom stereocenters. The standard InChI is InChI=1S/C14H13Cl2NO2S/c1-9(12-5-6-13(16)20-12)17(8-14(18)19)11-4-2-3-10(15)7-11/h2-7,9H,8H2,1H3,(H,18,19). The highest BCUT2D eigenvalue weighted by Gasteiger charge is 2.20. The first kappa shape index (κ1) is 15.2. The Hall–Kier alpha value is -1.23. The van der Waals surface area contributed by atoms with E-state index >= 15 is 0 Å². The lowest BCUT2D eigenvalue weighted by Crippen LogP contribution is -2.31. The fourth-order valence-corrected chi connectivity index (χ4v) is 3.27. The van der Waals surface area contributed by atoms with Crippen molar-refractivity contribution in [1.29, 1.82) is 0 Å². The maximum absolute atomic E-state index is 11.1. The van der Waals surface area contributed by atoms with Crippen molar-refractivity contribution in [2.45, 2.75) is 13.0 Å². The van der Waals surface area contributed by atoms with Crippen LogP contribution >= 0.6 is 34.5 Å². The molecule has 0 saturated heterocycles. The van der Waals surface area contributed by atoms with Gasteiger partial charge in [-0.2, -0.15) is 0 Å². The Morgan fingerprint density at radius 3 is 2.65 bits per heavy atom. The van der Waals surface area contributed by atoms with Gasteiger partial charge in [-0.25, -0.2) is 0 Å². The minimum Gasteiger partial charge on any atom is -0.480 e. The highest BCUT2D eigenvalue weighted by molar-refractivity contribution is 7.16. The SMILES string of the molecule is CC(c1ccc(Cl)s1)N(CC(=O)O)c1cccc(Cl)c1. The van der Waals surface area contributed by atoms with Gasteiger partial charge in [-0.1, -0.05) is 29.3 Å². The molecule has 20 heavy (non-hydrogen) atoms. The van der Waals surface area contributed by atoms with Gasteiger partial charge in [0.1, 0.15) is 6.54 Å². The quantitative estimate of drug-likeness (QED) is 0.863. The average Bonchev–Trinajstić information content (AvgIpc) is 2.81. The zero-order valence-electron chi connectivity index (χ0n) is 10.7. The summed E-state index contributed by atoms with van der Waals surface area (Å²) in [6.07, 6.45) is 0. The van der Waals surface area contributed by atoms with Crippen LogP contribution in [0.2, 0.25) is 9.36 Å². The number of carboxylic acids is 1. The second-order valence-electron chi connectivity index (χ2n) is 4.32. The number of anilines is 1. The molecule has 0 aliphatic carbocycles. The lowest BCUT2D eigenvalue weighted by Gasteiger charge is -2.29. The van der Waals surface area contributed by atoms with Gasteiger partial charge in [0, 0.05) is 15.6 Å². The minimum absolute atomic E-state index is 0.0953. The van der Waals surface area contributed by atoms with E-state index in [2.05, 4.69) is 0 Å². The van der Waals surface area contributed by atoms with Crippen molar-refractivity contribution >= 4 is 46.2 Å². The molecule has 1 aromatic heterocycles. The van der Waals surface area contributed by atoms with Gasteiger partial charge >= 0.3 is 5.97 Å². The van der Waals surface area contributed by atoms with Gasteiger partial charge in [0.25, 0.3) is 0 Å². The number of benzene rings is 1. The lowest BCUT2D eigenvalue weighted by molar-refractivity contribution is -0.135. The Morgan fingerprint density at radius 2 is 2.10 bits per heavy atom. The third kappa shape index (κ3) is 3.66. The van der Waals surface area contributed by atoms with Gasteiger partial charge in [0.2, 0.25) is 0 Å². The molecule has 0 radical (unpaired) electrons. The maximum atomic E-state index is 11.1. The van der Waals surface area contributed by atoms with Crippen LogP contribution in [0.1, 0.15) is 17.8 Å².